The van der Waals surface area contributed by atoms with Crippen LogP contribution < -0.4 is 5.19 Å². The van der Waals surface area contributed by atoms with Crippen LogP contribution in [-0.4, -0.2) is 18.0 Å². The van der Waals surface area contributed by atoms with Gasteiger partial charge in [-0.15, -0.1) is 53.6 Å². The fraction of sp³-hybridized carbons (Fsp3) is 0.209. The molecule has 0 N–H and O–H groups in total. The fourth-order valence-corrected chi connectivity index (χ4v) is 8.94. The topological polar surface area (TPSA) is 25.8 Å². The van der Waals surface area contributed by atoms with Crippen LogP contribution in [0.4, 0.5) is 0 Å². The Morgan fingerprint density at radius 2 is 1.46 bits per heavy atom. The van der Waals surface area contributed by atoms with E-state index in [1.54, 1.807) is 0 Å². The van der Waals surface area contributed by atoms with Gasteiger partial charge in [-0.05, 0) is 50.6 Å². The number of aromatic nitrogens is 2. The molecule has 0 amide bonds. The first-order chi connectivity index (χ1) is 22.6. The van der Waals surface area contributed by atoms with Gasteiger partial charge in [0.05, 0.1) is 8.07 Å². The van der Waals surface area contributed by atoms with Crippen molar-refractivity contribution in [1.82, 2.24) is 9.97 Å². The number of benzene rings is 4. The minimum absolute atomic E-state index is 0. The summed E-state index contributed by atoms with van der Waals surface area (Å²) in [6.45, 7) is 16.1. The zero-order chi connectivity index (χ0) is 33.1. The molecule has 4 aromatic carbocycles. The summed E-state index contributed by atoms with van der Waals surface area (Å²) >= 11 is 1.83. The van der Waals surface area contributed by atoms with Gasteiger partial charge in [-0.3, -0.25) is 0 Å². The van der Waals surface area contributed by atoms with Crippen molar-refractivity contribution < 1.29 is 20.1 Å². The minimum Gasteiger partial charge on any atom is -0.305 e. The van der Waals surface area contributed by atoms with Gasteiger partial charge in [0.25, 0.3) is 0 Å². The van der Waals surface area contributed by atoms with Gasteiger partial charge in [0.2, 0.25) is 0 Å². The monoisotopic (exact) mass is 839 g/mol. The van der Waals surface area contributed by atoms with Gasteiger partial charge in [-0.25, -0.2) is 0 Å². The first-order valence-electron chi connectivity index (χ1n) is 16.5. The van der Waals surface area contributed by atoms with E-state index in [1.807, 2.05) is 35.7 Å². The average molecular weight is 839 g/mol. The first kappa shape index (κ1) is 35.6. The molecule has 0 aliphatic rings. The van der Waals surface area contributed by atoms with Crippen molar-refractivity contribution in [1.29, 1.82) is 0 Å². The molecule has 1 radical (unpaired) electrons. The zero-order valence-electron chi connectivity index (χ0n) is 28.8. The van der Waals surface area contributed by atoms with E-state index in [-0.39, 0.29) is 20.1 Å². The minimum atomic E-state index is -1.34. The summed E-state index contributed by atoms with van der Waals surface area (Å²) in [7, 11) is -1.34. The van der Waals surface area contributed by atoms with Gasteiger partial charge in [-0.2, -0.15) is 11.3 Å². The molecular weight excluding hydrogens is 797 g/mol. The van der Waals surface area contributed by atoms with Crippen molar-refractivity contribution >= 4 is 44.8 Å². The maximum Gasteiger partial charge on any atom is 0.0799 e. The van der Waals surface area contributed by atoms with Crippen molar-refractivity contribution in [2.24, 2.45) is 0 Å². The quantitative estimate of drug-likeness (QED) is 0.123. The Morgan fingerprint density at radius 1 is 0.729 bits per heavy atom. The van der Waals surface area contributed by atoms with Crippen molar-refractivity contribution in [3.05, 3.63) is 139 Å². The molecule has 2 nitrogen and oxygen atoms in total. The molecule has 0 spiro atoms. The second-order valence-electron chi connectivity index (χ2n) is 13.7. The van der Waals surface area contributed by atoms with E-state index in [2.05, 4.69) is 156 Å². The van der Waals surface area contributed by atoms with E-state index < -0.39 is 8.07 Å². The molecule has 3 aromatic heterocycles. The Balaban J connectivity index is 0.000000198. The molecular formula is C43H42IrN2SSi-2. The number of hydrogen-bond donors (Lipinski definition) is 0. The van der Waals surface area contributed by atoms with Crippen molar-refractivity contribution in [2.45, 2.75) is 59.2 Å². The molecule has 0 saturated carbocycles. The Morgan fingerprint density at radius 3 is 2.15 bits per heavy atom. The predicted octanol–water partition coefficient (Wildman–Crippen LogP) is 11.9. The van der Waals surface area contributed by atoms with Gasteiger partial charge in [0, 0.05) is 37.2 Å². The molecule has 245 valence electrons. The number of rotatable bonds is 6. The summed E-state index contributed by atoms with van der Waals surface area (Å²) in [5, 5.41) is 4.08. The van der Waals surface area contributed by atoms with Crippen LogP contribution in [-0.2, 0) is 20.1 Å². The third-order valence-electron chi connectivity index (χ3n) is 8.60. The molecule has 5 heteroatoms. The molecule has 0 saturated heterocycles. The van der Waals surface area contributed by atoms with Crippen LogP contribution in [0.25, 0.3) is 53.8 Å². The predicted molar refractivity (Wildman–Crippen MR) is 207 cm³/mol. The Labute approximate surface area is 304 Å². The third-order valence-corrected chi connectivity index (χ3v) is 11.8. The summed E-state index contributed by atoms with van der Waals surface area (Å²) < 4.78 is 2.56. The van der Waals surface area contributed by atoms with Gasteiger partial charge >= 0.3 is 0 Å². The SMILES string of the molecule is CC(C)c1cc(-c2[c-]cccc2)ncc1[Si](C)(C)C.CC(C)c1ccnc(-c2[c-]cc(-c3ccccc3)c3c2sc2ccccc23)c1.[Ir]. The van der Waals surface area contributed by atoms with Crippen molar-refractivity contribution in [3.63, 3.8) is 0 Å². The van der Waals surface area contributed by atoms with E-state index in [1.165, 1.54) is 47.6 Å². The maximum absolute atomic E-state index is 4.69. The van der Waals surface area contributed by atoms with Crippen LogP contribution in [0.2, 0.25) is 19.6 Å². The van der Waals surface area contributed by atoms with Crippen molar-refractivity contribution in [3.8, 4) is 33.6 Å². The molecule has 7 aromatic rings. The van der Waals surface area contributed by atoms with Crippen molar-refractivity contribution in [2.75, 3.05) is 0 Å². The molecule has 0 aliphatic heterocycles. The molecule has 48 heavy (non-hydrogen) atoms. The molecule has 3 heterocycles. The number of hydrogen-bond acceptors (Lipinski definition) is 3. The summed E-state index contributed by atoms with van der Waals surface area (Å²) in [4.78, 5) is 9.35. The van der Waals surface area contributed by atoms with Gasteiger partial charge in [-0.1, -0.05) is 136 Å². The Bertz CT molecular complexity index is 2130. The average Bonchev–Trinajstić information content (AvgIpc) is 3.48. The van der Waals surface area contributed by atoms with Crippen LogP contribution in [0.1, 0.15) is 50.7 Å². The number of pyridine rings is 2. The summed E-state index contributed by atoms with van der Waals surface area (Å²) in [6.07, 6.45) is 4.01. The molecule has 0 bridgehead atoms. The number of fused-ring (bicyclic) bond motifs is 3. The van der Waals surface area contributed by atoms with E-state index >= 15 is 0 Å². The Kier molecular flexibility index (Phi) is 11.3. The molecule has 0 aliphatic carbocycles. The number of thiophene rings is 1. The molecule has 7 rings (SSSR count). The normalized spacial score (nSPS) is 11.4. The van der Waals surface area contributed by atoms with E-state index in [0.717, 1.165) is 22.5 Å². The Hall–Kier alpha value is -3.73. The van der Waals surface area contributed by atoms with Gasteiger partial charge in [0.15, 0.2) is 0 Å². The zero-order valence-corrected chi connectivity index (χ0v) is 33.0. The van der Waals surface area contributed by atoms with Gasteiger partial charge in [0.1, 0.15) is 0 Å². The first-order valence-corrected chi connectivity index (χ1v) is 20.8. The fourth-order valence-electron chi connectivity index (χ4n) is 6.02. The van der Waals surface area contributed by atoms with Crippen LogP contribution in [0.15, 0.2) is 116 Å². The summed E-state index contributed by atoms with van der Waals surface area (Å²) in [6, 6.07) is 42.8. The van der Waals surface area contributed by atoms with Crippen LogP contribution in [0, 0.1) is 12.1 Å². The largest absolute Gasteiger partial charge is 0.305 e. The number of nitrogens with zero attached hydrogens (tertiary/aromatic N) is 2. The molecule has 0 fully saturated rings. The van der Waals surface area contributed by atoms with Crippen LogP contribution in [0.3, 0.4) is 0 Å². The molecule has 0 unspecified atom stereocenters. The summed E-state index contributed by atoms with van der Waals surface area (Å²) in [5.41, 5.74) is 9.42. The smallest absolute Gasteiger partial charge is 0.0799 e. The second kappa shape index (κ2) is 15.2. The van der Waals surface area contributed by atoms with E-state index in [0.29, 0.717) is 11.8 Å². The van der Waals surface area contributed by atoms with Gasteiger partial charge < -0.3 is 9.97 Å². The second-order valence-corrected chi connectivity index (χ2v) is 19.8. The molecule has 0 atom stereocenters. The third kappa shape index (κ3) is 7.61. The van der Waals surface area contributed by atoms with Crippen LogP contribution >= 0.6 is 11.3 Å². The standard InChI is InChI=1S/C26H20NS.C17H22NSi.Ir/c1-17(2)19-14-15-27-23(16-19)21-13-12-20(18-8-4-3-5-9-18)25-22-10-6-7-11-24(22)28-26(21)25;1-13(2)15-11-16(14-9-7-6-8-10-14)18-12-17(15)19(3,4)5;/h3-12,14-17H,1-2H3;6-9,11-13H,1-5H3;/q2*-1;. The van der Waals surface area contributed by atoms with E-state index in [4.69, 9.17) is 4.98 Å². The summed E-state index contributed by atoms with van der Waals surface area (Å²) in [5.74, 6) is 1.01. The van der Waals surface area contributed by atoms with E-state index in [9.17, 15) is 0 Å². The maximum atomic E-state index is 4.69. The van der Waals surface area contributed by atoms with Crippen LogP contribution in [0.5, 0.6) is 0 Å².